The van der Waals surface area contributed by atoms with E-state index in [1.165, 1.54) is 0 Å². The molecule has 0 N–H and O–H groups in total. The van der Waals surface area contributed by atoms with Crippen molar-refractivity contribution in [1.29, 1.82) is 0 Å². The summed E-state index contributed by atoms with van der Waals surface area (Å²) in [5.74, 6) is 0.0447. The standard InChI is InChI=1S/C23H19NO/c1-16-13-14-20-19(15-16)22(23(25)24(20)2)21(17-9-5-3-6-10-17)18-11-7-4-8-12-18/h3-15H,1-2H3. The number of likely N-dealkylation sites (N-methyl/N-ethyl adjacent to an activating group) is 1. The van der Waals surface area contributed by atoms with E-state index < -0.39 is 0 Å². The Morgan fingerprint density at radius 1 is 0.800 bits per heavy atom. The summed E-state index contributed by atoms with van der Waals surface area (Å²) in [6.07, 6.45) is 0. The number of hydrogen-bond donors (Lipinski definition) is 0. The lowest BCUT2D eigenvalue weighted by Gasteiger charge is -2.13. The lowest BCUT2D eigenvalue weighted by Crippen LogP contribution is -2.20. The van der Waals surface area contributed by atoms with Gasteiger partial charge in [-0.25, -0.2) is 0 Å². The molecule has 1 aliphatic heterocycles. The van der Waals surface area contributed by atoms with Crippen LogP contribution in [0.4, 0.5) is 5.69 Å². The van der Waals surface area contributed by atoms with Crippen molar-refractivity contribution in [1.82, 2.24) is 0 Å². The highest BCUT2D eigenvalue weighted by Crippen LogP contribution is 2.42. The molecule has 0 atom stereocenters. The molecular formula is C23H19NO. The summed E-state index contributed by atoms with van der Waals surface area (Å²) in [6, 6.07) is 26.5. The van der Waals surface area contributed by atoms with Crippen LogP contribution in [-0.4, -0.2) is 13.0 Å². The number of nitrogens with zero attached hydrogens (tertiary/aromatic N) is 1. The van der Waals surface area contributed by atoms with E-state index in [0.29, 0.717) is 0 Å². The first-order chi connectivity index (χ1) is 12.2. The van der Waals surface area contributed by atoms with Gasteiger partial charge in [-0.2, -0.15) is 0 Å². The van der Waals surface area contributed by atoms with Crippen molar-refractivity contribution in [2.24, 2.45) is 0 Å². The molecule has 0 saturated carbocycles. The van der Waals surface area contributed by atoms with E-state index in [1.807, 2.05) is 49.5 Å². The molecule has 0 aliphatic carbocycles. The van der Waals surface area contributed by atoms with Crippen LogP contribution in [0.15, 0.2) is 78.9 Å². The van der Waals surface area contributed by atoms with Crippen LogP contribution in [0.5, 0.6) is 0 Å². The molecule has 2 nitrogen and oxygen atoms in total. The zero-order valence-corrected chi connectivity index (χ0v) is 14.4. The summed E-state index contributed by atoms with van der Waals surface area (Å²) in [6.45, 7) is 2.06. The van der Waals surface area contributed by atoms with Crippen LogP contribution < -0.4 is 4.90 Å². The topological polar surface area (TPSA) is 20.3 Å². The average molecular weight is 325 g/mol. The van der Waals surface area contributed by atoms with E-state index >= 15 is 0 Å². The summed E-state index contributed by atoms with van der Waals surface area (Å²) in [7, 11) is 1.84. The quantitative estimate of drug-likeness (QED) is 0.612. The van der Waals surface area contributed by atoms with Crippen molar-refractivity contribution in [2.75, 3.05) is 11.9 Å². The van der Waals surface area contributed by atoms with Gasteiger partial charge in [0.15, 0.2) is 0 Å². The molecule has 0 saturated heterocycles. The molecule has 1 aliphatic rings. The number of rotatable bonds is 2. The molecular weight excluding hydrogens is 306 g/mol. The SMILES string of the molecule is Cc1ccc2c(c1)C(=C(c1ccccc1)c1ccccc1)C(=O)N2C. The summed E-state index contributed by atoms with van der Waals surface area (Å²) < 4.78 is 0. The predicted octanol–water partition coefficient (Wildman–Crippen LogP) is 4.93. The molecule has 0 spiro atoms. The summed E-state index contributed by atoms with van der Waals surface area (Å²) in [5.41, 5.74) is 7.01. The Hall–Kier alpha value is -3.13. The molecule has 4 rings (SSSR count). The molecule has 0 unspecified atom stereocenters. The molecule has 0 radical (unpaired) electrons. The highest BCUT2D eigenvalue weighted by atomic mass is 16.2. The predicted molar refractivity (Wildman–Crippen MR) is 103 cm³/mol. The molecule has 0 bridgehead atoms. The lowest BCUT2D eigenvalue weighted by atomic mass is 9.90. The number of carbonyl (C=O) groups is 1. The minimum atomic E-state index is 0.0447. The normalized spacial score (nSPS) is 13.1. The fourth-order valence-corrected chi connectivity index (χ4v) is 3.44. The summed E-state index contributed by atoms with van der Waals surface area (Å²) >= 11 is 0. The van der Waals surface area contributed by atoms with Gasteiger partial charge in [0.2, 0.25) is 0 Å². The first kappa shape index (κ1) is 15.4. The third kappa shape index (κ3) is 2.56. The Kier molecular flexibility index (Phi) is 3.73. The van der Waals surface area contributed by atoms with Crippen molar-refractivity contribution in [3.05, 3.63) is 101 Å². The second kappa shape index (κ2) is 6.06. The molecule has 122 valence electrons. The molecule has 1 amide bonds. The van der Waals surface area contributed by atoms with Gasteiger partial charge in [-0.1, -0.05) is 72.3 Å². The monoisotopic (exact) mass is 325 g/mol. The van der Waals surface area contributed by atoms with Gasteiger partial charge < -0.3 is 4.90 Å². The summed E-state index contributed by atoms with van der Waals surface area (Å²) in [4.78, 5) is 14.9. The van der Waals surface area contributed by atoms with Crippen LogP contribution in [0.25, 0.3) is 11.1 Å². The maximum absolute atomic E-state index is 13.1. The van der Waals surface area contributed by atoms with Crippen LogP contribution in [-0.2, 0) is 4.79 Å². The molecule has 25 heavy (non-hydrogen) atoms. The van der Waals surface area contributed by atoms with Crippen molar-refractivity contribution < 1.29 is 4.79 Å². The van der Waals surface area contributed by atoms with E-state index in [1.54, 1.807) is 4.90 Å². The molecule has 0 aromatic heterocycles. The van der Waals surface area contributed by atoms with Gasteiger partial charge in [-0.05, 0) is 30.2 Å². The summed E-state index contributed by atoms with van der Waals surface area (Å²) in [5, 5.41) is 0. The first-order valence-corrected chi connectivity index (χ1v) is 8.41. The molecule has 0 fully saturated rings. The van der Waals surface area contributed by atoms with Crippen molar-refractivity contribution in [2.45, 2.75) is 6.92 Å². The minimum Gasteiger partial charge on any atom is -0.311 e. The maximum Gasteiger partial charge on any atom is 0.259 e. The van der Waals surface area contributed by atoms with Gasteiger partial charge in [-0.15, -0.1) is 0 Å². The Morgan fingerprint density at radius 2 is 1.36 bits per heavy atom. The van der Waals surface area contributed by atoms with Gasteiger partial charge in [0.05, 0.1) is 11.3 Å². The molecule has 3 aromatic rings. The third-order valence-corrected chi connectivity index (χ3v) is 4.68. The minimum absolute atomic E-state index is 0.0447. The van der Waals surface area contributed by atoms with Crippen LogP contribution in [0.3, 0.4) is 0 Å². The van der Waals surface area contributed by atoms with Crippen molar-refractivity contribution in [3.8, 4) is 0 Å². The van der Waals surface area contributed by atoms with Gasteiger partial charge in [0.1, 0.15) is 0 Å². The number of anilines is 1. The fraction of sp³-hybridized carbons (Fsp3) is 0.0870. The largest absolute Gasteiger partial charge is 0.311 e. The number of hydrogen-bond acceptors (Lipinski definition) is 1. The highest BCUT2D eigenvalue weighted by molar-refractivity contribution is 6.38. The Labute approximate surface area is 148 Å². The molecule has 2 heteroatoms. The smallest absolute Gasteiger partial charge is 0.259 e. The zero-order chi connectivity index (χ0) is 17.4. The third-order valence-electron chi connectivity index (χ3n) is 4.68. The highest BCUT2D eigenvalue weighted by Gasteiger charge is 2.33. The van der Waals surface area contributed by atoms with Crippen molar-refractivity contribution >= 4 is 22.7 Å². The van der Waals surface area contributed by atoms with E-state index in [2.05, 4.69) is 43.3 Å². The van der Waals surface area contributed by atoms with Crippen LogP contribution in [0.1, 0.15) is 22.3 Å². The second-order valence-corrected chi connectivity index (χ2v) is 6.37. The van der Waals surface area contributed by atoms with Gasteiger partial charge >= 0.3 is 0 Å². The maximum atomic E-state index is 13.1. The number of aryl methyl sites for hydroxylation is 1. The van der Waals surface area contributed by atoms with E-state index in [4.69, 9.17) is 0 Å². The van der Waals surface area contributed by atoms with E-state index in [-0.39, 0.29) is 5.91 Å². The first-order valence-electron chi connectivity index (χ1n) is 8.41. The lowest BCUT2D eigenvalue weighted by molar-refractivity contribution is -0.112. The number of amides is 1. The van der Waals surface area contributed by atoms with Crippen molar-refractivity contribution in [3.63, 3.8) is 0 Å². The number of benzene rings is 3. The average Bonchev–Trinajstić information content (AvgIpc) is 2.88. The van der Waals surface area contributed by atoms with Gasteiger partial charge in [-0.3, -0.25) is 4.79 Å². The molecule has 1 heterocycles. The fourth-order valence-electron chi connectivity index (χ4n) is 3.44. The molecule has 3 aromatic carbocycles. The van der Waals surface area contributed by atoms with Crippen LogP contribution >= 0.6 is 0 Å². The number of carbonyl (C=O) groups excluding carboxylic acids is 1. The zero-order valence-electron chi connectivity index (χ0n) is 14.4. The Bertz CT molecular complexity index is 930. The number of fused-ring (bicyclic) bond motifs is 1. The Morgan fingerprint density at radius 3 is 1.92 bits per heavy atom. The van der Waals surface area contributed by atoms with Crippen LogP contribution in [0, 0.1) is 6.92 Å². The Balaban J connectivity index is 2.08. The van der Waals surface area contributed by atoms with E-state index in [0.717, 1.165) is 39.1 Å². The van der Waals surface area contributed by atoms with Crippen LogP contribution in [0.2, 0.25) is 0 Å². The second-order valence-electron chi connectivity index (χ2n) is 6.37. The van der Waals surface area contributed by atoms with Gasteiger partial charge in [0.25, 0.3) is 5.91 Å². The van der Waals surface area contributed by atoms with E-state index in [9.17, 15) is 4.79 Å². The van der Waals surface area contributed by atoms with Gasteiger partial charge in [0, 0.05) is 18.2 Å².